The van der Waals surface area contributed by atoms with Crippen LogP contribution < -0.4 is 0 Å². The summed E-state index contributed by atoms with van der Waals surface area (Å²) in [5, 5.41) is 13.5. The number of aryl methyl sites for hydroxylation is 1. The van der Waals surface area contributed by atoms with Crippen molar-refractivity contribution in [2.45, 2.75) is 26.3 Å². The number of fused-ring (bicyclic) bond motifs is 1. The van der Waals surface area contributed by atoms with Gasteiger partial charge in [-0.25, -0.2) is 0 Å². The second-order valence-corrected chi connectivity index (χ2v) is 3.79. The van der Waals surface area contributed by atoms with Gasteiger partial charge in [0.15, 0.2) is 5.69 Å². The molecule has 0 radical (unpaired) electrons. The Labute approximate surface area is 93.5 Å². The van der Waals surface area contributed by atoms with Crippen molar-refractivity contribution in [3.8, 4) is 5.88 Å². The summed E-state index contributed by atoms with van der Waals surface area (Å²) in [5.74, 6) is -0.0235. The number of aromatic hydroxyl groups is 1. The Morgan fingerprint density at radius 2 is 2.12 bits per heavy atom. The van der Waals surface area contributed by atoms with Gasteiger partial charge in [-0.05, 0) is 17.7 Å². The topological polar surface area (TPSA) is 54.6 Å². The zero-order valence-corrected chi connectivity index (χ0v) is 9.18. The van der Waals surface area contributed by atoms with Crippen molar-refractivity contribution in [2.24, 2.45) is 5.18 Å². The van der Waals surface area contributed by atoms with Crippen LogP contribution in [-0.2, 0) is 6.54 Å². The standard InChI is InChI=1S/C12H14N2O2/c1-2-3-8-14-10-7-5-4-6-9(10)11(13-16)12(14)15/h4-7,15H,2-3,8H2,1H3. The zero-order valence-electron chi connectivity index (χ0n) is 9.18. The van der Waals surface area contributed by atoms with Crippen molar-refractivity contribution in [1.82, 2.24) is 4.57 Å². The van der Waals surface area contributed by atoms with Crippen LogP contribution in [0.25, 0.3) is 10.9 Å². The predicted octanol–water partition coefficient (Wildman–Crippen LogP) is 3.54. The second-order valence-electron chi connectivity index (χ2n) is 3.79. The largest absolute Gasteiger partial charge is 0.493 e. The lowest BCUT2D eigenvalue weighted by molar-refractivity contribution is 0.418. The monoisotopic (exact) mass is 218 g/mol. The van der Waals surface area contributed by atoms with E-state index in [9.17, 15) is 10.0 Å². The molecular formula is C12H14N2O2. The van der Waals surface area contributed by atoms with Gasteiger partial charge in [-0.15, -0.1) is 4.91 Å². The summed E-state index contributed by atoms with van der Waals surface area (Å²) in [4.78, 5) is 10.7. The van der Waals surface area contributed by atoms with E-state index >= 15 is 0 Å². The summed E-state index contributed by atoms with van der Waals surface area (Å²) in [6.07, 6.45) is 2.00. The van der Waals surface area contributed by atoms with E-state index in [4.69, 9.17) is 0 Å². The highest BCUT2D eigenvalue weighted by Gasteiger charge is 2.16. The maximum atomic E-state index is 10.7. The predicted molar refractivity (Wildman–Crippen MR) is 64.0 cm³/mol. The van der Waals surface area contributed by atoms with Gasteiger partial charge in [0.25, 0.3) is 0 Å². The Bertz CT molecular complexity index is 517. The van der Waals surface area contributed by atoms with E-state index in [1.165, 1.54) is 0 Å². The summed E-state index contributed by atoms with van der Waals surface area (Å²) in [7, 11) is 0. The first-order chi connectivity index (χ1) is 7.79. The van der Waals surface area contributed by atoms with Crippen LogP contribution in [0.15, 0.2) is 29.4 Å². The number of hydrogen-bond donors (Lipinski definition) is 1. The second kappa shape index (κ2) is 4.35. The molecule has 84 valence electrons. The molecule has 4 nitrogen and oxygen atoms in total. The molecule has 1 N–H and O–H groups in total. The highest BCUT2D eigenvalue weighted by molar-refractivity contribution is 5.94. The van der Waals surface area contributed by atoms with Crippen LogP contribution >= 0.6 is 0 Å². The van der Waals surface area contributed by atoms with Crippen molar-refractivity contribution in [1.29, 1.82) is 0 Å². The molecule has 0 saturated heterocycles. The first kappa shape index (κ1) is 10.7. The summed E-state index contributed by atoms with van der Waals surface area (Å²) in [6.45, 7) is 2.79. The molecule has 1 aromatic heterocycles. The number of para-hydroxylation sites is 1. The highest BCUT2D eigenvalue weighted by Crippen LogP contribution is 2.38. The minimum Gasteiger partial charge on any atom is -0.493 e. The number of aromatic nitrogens is 1. The van der Waals surface area contributed by atoms with E-state index in [0.717, 1.165) is 18.4 Å². The minimum atomic E-state index is -0.0235. The Hall–Kier alpha value is -1.84. The Balaban J connectivity index is 2.62. The lowest BCUT2D eigenvalue weighted by Gasteiger charge is -2.04. The molecule has 0 atom stereocenters. The third-order valence-electron chi connectivity index (χ3n) is 2.74. The van der Waals surface area contributed by atoms with E-state index in [0.29, 0.717) is 11.9 Å². The summed E-state index contributed by atoms with van der Waals surface area (Å²) >= 11 is 0. The fourth-order valence-corrected chi connectivity index (χ4v) is 1.90. The molecule has 1 aromatic carbocycles. The summed E-state index contributed by atoms with van der Waals surface area (Å²) in [6, 6.07) is 7.41. The van der Waals surface area contributed by atoms with Gasteiger partial charge >= 0.3 is 0 Å². The maximum absolute atomic E-state index is 10.7. The summed E-state index contributed by atoms with van der Waals surface area (Å²) in [5.41, 5.74) is 1.01. The molecule has 2 aromatic rings. The molecular weight excluding hydrogens is 204 g/mol. The lowest BCUT2D eigenvalue weighted by Crippen LogP contribution is -1.96. The quantitative estimate of drug-likeness (QED) is 0.798. The van der Waals surface area contributed by atoms with E-state index in [1.807, 2.05) is 18.2 Å². The fourth-order valence-electron chi connectivity index (χ4n) is 1.90. The molecule has 0 spiro atoms. The average Bonchev–Trinajstić information content (AvgIpc) is 2.58. The third kappa shape index (κ3) is 1.56. The van der Waals surface area contributed by atoms with E-state index in [-0.39, 0.29) is 11.6 Å². The Kier molecular flexibility index (Phi) is 2.90. The SMILES string of the molecule is CCCCn1c(O)c(N=O)c2ccccc21. The molecule has 0 unspecified atom stereocenters. The summed E-state index contributed by atoms with van der Waals surface area (Å²) < 4.78 is 1.75. The number of unbranched alkanes of at least 4 members (excludes halogenated alkanes) is 1. The lowest BCUT2D eigenvalue weighted by atomic mass is 10.2. The average molecular weight is 218 g/mol. The highest BCUT2D eigenvalue weighted by atomic mass is 16.3. The number of nitroso groups, excluding NO2 is 1. The minimum absolute atomic E-state index is 0.0235. The molecule has 16 heavy (non-hydrogen) atoms. The number of rotatable bonds is 4. The van der Waals surface area contributed by atoms with Gasteiger partial charge in [-0.3, -0.25) is 0 Å². The van der Waals surface area contributed by atoms with Crippen LogP contribution in [0.2, 0.25) is 0 Å². The molecule has 0 aliphatic rings. The molecule has 4 heteroatoms. The van der Waals surface area contributed by atoms with Crippen molar-refractivity contribution in [3.63, 3.8) is 0 Å². The zero-order chi connectivity index (χ0) is 11.5. The van der Waals surface area contributed by atoms with Gasteiger partial charge in [0.2, 0.25) is 5.88 Å². The maximum Gasteiger partial charge on any atom is 0.222 e. The van der Waals surface area contributed by atoms with Crippen molar-refractivity contribution in [2.75, 3.05) is 0 Å². The molecule has 0 amide bonds. The molecule has 0 saturated carbocycles. The van der Waals surface area contributed by atoms with Gasteiger partial charge < -0.3 is 9.67 Å². The Morgan fingerprint density at radius 3 is 2.81 bits per heavy atom. The molecule has 0 aliphatic heterocycles. The van der Waals surface area contributed by atoms with Crippen LogP contribution in [0.3, 0.4) is 0 Å². The number of hydrogen-bond acceptors (Lipinski definition) is 3. The fraction of sp³-hybridized carbons (Fsp3) is 0.333. The Morgan fingerprint density at radius 1 is 1.38 bits per heavy atom. The van der Waals surface area contributed by atoms with Crippen LogP contribution in [0, 0.1) is 4.91 Å². The van der Waals surface area contributed by atoms with Crippen LogP contribution in [0.1, 0.15) is 19.8 Å². The first-order valence-corrected chi connectivity index (χ1v) is 5.43. The van der Waals surface area contributed by atoms with Gasteiger partial charge in [0, 0.05) is 11.9 Å². The van der Waals surface area contributed by atoms with Crippen molar-refractivity contribution < 1.29 is 5.11 Å². The van der Waals surface area contributed by atoms with E-state index in [2.05, 4.69) is 12.1 Å². The van der Waals surface area contributed by atoms with Crippen molar-refractivity contribution in [3.05, 3.63) is 29.2 Å². The normalized spacial score (nSPS) is 10.8. The molecule has 0 aliphatic carbocycles. The molecule has 1 heterocycles. The molecule has 2 rings (SSSR count). The van der Waals surface area contributed by atoms with Gasteiger partial charge in [0.05, 0.1) is 5.52 Å². The van der Waals surface area contributed by atoms with Gasteiger partial charge in [-0.2, -0.15) is 0 Å². The van der Waals surface area contributed by atoms with Crippen LogP contribution in [0.4, 0.5) is 5.69 Å². The van der Waals surface area contributed by atoms with Crippen LogP contribution in [-0.4, -0.2) is 9.67 Å². The smallest absolute Gasteiger partial charge is 0.222 e. The third-order valence-corrected chi connectivity index (χ3v) is 2.74. The molecule has 0 fully saturated rings. The van der Waals surface area contributed by atoms with E-state index < -0.39 is 0 Å². The van der Waals surface area contributed by atoms with Gasteiger partial charge in [-0.1, -0.05) is 31.5 Å². The first-order valence-electron chi connectivity index (χ1n) is 5.43. The molecule has 0 bridgehead atoms. The van der Waals surface area contributed by atoms with Crippen LogP contribution in [0.5, 0.6) is 5.88 Å². The van der Waals surface area contributed by atoms with Crippen molar-refractivity contribution >= 4 is 16.6 Å². The number of nitrogens with zero attached hydrogens (tertiary/aromatic N) is 2. The van der Waals surface area contributed by atoms with Gasteiger partial charge in [0.1, 0.15) is 0 Å². The van der Waals surface area contributed by atoms with E-state index in [1.54, 1.807) is 10.6 Å². The number of benzene rings is 1.